The van der Waals surface area contributed by atoms with Crippen LogP contribution in [0, 0.1) is 18.3 Å². The number of aryl methyl sites for hydroxylation is 1. The zero-order valence-electron chi connectivity index (χ0n) is 8.36. The molecular weight excluding hydrogens is 228 g/mol. The first kappa shape index (κ1) is 10.5. The Labute approximate surface area is 96.5 Å². The molecule has 16 heavy (non-hydrogen) atoms. The summed E-state index contributed by atoms with van der Waals surface area (Å²) < 4.78 is 5.35. The molecule has 6 heteroatoms. The Kier molecular flexibility index (Phi) is 2.50. The topological polar surface area (TPSA) is 88.7 Å². The summed E-state index contributed by atoms with van der Waals surface area (Å²) >= 11 is 5.88. The third kappa shape index (κ3) is 1.71. The average molecular weight is 235 g/mol. The van der Waals surface area contributed by atoms with Gasteiger partial charge in [0, 0.05) is 0 Å². The van der Waals surface area contributed by atoms with Gasteiger partial charge in [-0.2, -0.15) is 5.26 Å². The van der Waals surface area contributed by atoms with Gasteiger partial charge in [0.2, 0.25) is 0 Å². The normalized spacial score (nSPS) is 10.1. The van der Waals surface area contributed by atoms with Crippen molar-refractivity contribution in [1.82, 2.24) is 9.97 Å². The molecule has 2 aromatic rings. The number of rotatable bonds is 1. The summed E-state index contributed by atoms with van der Waals surface area (Å²) in [6, 6.07) is 5.32. The number of hydrogen-bond acceptors (Lipinski definition) is 5. The number of nitrogen functional groups attached to an aromatic ring is 1. The largest absolute Gasteiger partial charge is 0.460 e. The van der Waals surface area contributed by atoms with Crippen molar-refractivity contribution >= 4 is 17.4 Å². The van der Waals surface area contributed by atoms with Crippen LogP contribution in [0.3, 0.4) is 0 Å². The van der Waals surface area contributed by atoms with Crippen molar-refractivity contribution in [2.24, 2.45) is 0 Å². The minimum atomic E-state index is 0.0135. The highest BCUT2D eigenvalue weighted by Gasteiger charge is 2.14. The molecule has 0 unspecified atom stereocenters. The number of nitrogens with two attached hydrogens (primary N) is 1. The Morgan fingerprint density at radius 3 is 2.75 bits per heavy atom. The molecule has 0 saturated heterocycles. The molecule has 0 fully saturated rings. The number of furan rings is 1. The molecule has 0 aliphatic heterocycles. The van der Waals surface area contributed by atoms with Gasteiger partial charge in [0.25, 0.3) is 0 Å². The van der Waals surface area contributed by atoms with E-state index >= 15 is 0 Å². The van der Waals surface area contributed by atoms with Crippen LogP contribution in [0.25, 0.3) is 11.5 Å². The van der Waals surface area contributed by atoms with Gasteiger partial charge >= 0.3 is 0 Å². The molecule has 0 bridgehead atoms. The van der Waals surface area contributed by atoms with Crippen molar-refractivity contribution in [2.75, 3.05) is 5.73 Å². The van der Waals surface area contributed by atoms with Crippen LogP contribution in [0.2, 0.25) is 5.15 Å². The molecule has 0 atom stereocenters. The van der Waals surface area contributed by atoms with Crippen LogP contribution in [-0.2, 0) is 0 Å². The molecule has 2 heterocycles. The molecule has 80 valence electrons. The van der Waals surface area contributed by atoms with Crippen LogP contribution in [0.1, 0.15) is 11.5 Å². The first-order chi connectivity index (χ1) is 7.61. The van der Waals surface area contributed by atoms with E-state index in [2.05, 4.69) is 9.97 Å². The summed E-state index contributed by atoms with van der Waals surface area (Å²) in [5, 5.41) is 8.90. The van der Waals surface area contributed by atoms with Gasteiger partial charge in [0.05, 0.1) is 0 Å². The molecule has 2 N–H and O–H groups in total. The lowest BCUT2D eigenvalue weighted by Gasteiger charge is -2.01. The van der Waals surface area contributed by atoms with E-state index in [4.69, 9.17) is 27.0 Å². The second kappa shape index (κ2) is 3.83. The summed E-state index contributed by atoms with van der Waals surface area (Å²) in [6.45, 7) is 1.80. The van der Waals surface area contributed by atoms with Gasteiger partial charge in [-0.1, -0.05) is 11.6 Å². The summed E-state index contributed by atoms with van der Waals surface area (Å²) in [5.41, 5.74) is 5.83. The monoisotopic (exact) mass is 234 g/mol. The summed E-state index contributed by atoms with van der Waals surface area (Å²) in [5.74, 6) is 1.20. The Balaban J connectivity index is 2.62. The van der Waals surface area contributed by atoms with Crippen molar-refractivity contribution in [3.05, 3.63) is 28.7 Å². The van der Waals surface area contributed by atoms with Gasteiger partial charge in [-0.15, -0.1) is 0 Å². The van der Waals surface area contributed by atoms with Crippen molar-refractivity contribution in [1.29, 1.82) is 5.26 Å². The second-order valence-corrected chi connectivity index (χ2v) is 3.48. The van der Waals surface area contributed by atoms with Gasteiger partial charge in [-0.3, -0.25) is 0 Å². The third-order valence-electron chi connectivity index (χ3n) is 1.96. The van der Waals surface area contributed by atoms with Gasteiger partial charge in [0.15, 0.2) is 22.4 Å². The highest BCUT2D eigenvalue weighted by atomic mass is 35.5. The highest BCUT2D eigenvalue weighted by Crippen LogP contribution is 2.27. The predicted molar refractivity (Wildman–Crippen MR) is 58.6 cm³/mol. The Morgan fingerprint density at radius 1 is 1.44 bits per heavy atom. The van der Waals surface area contributed by atoms with Crippen LogP contribution in [-0.4, -0.2) is 9.97 Å². The SMILES string of the molecule is Cc1ccc(-c2nc(C#N)c(N)nc2Cl)o1. The highest BCUT2D eigenvalue weighted by molar-refractivity contribution is 6.31. The maximum Gasteiger partial charge on any atom is 0.183 e. The van der Waals surface area contributed by atoms with Crippen molar-refractivity contribution in [3.8, 4) is 17.5 Å². The minimum Gasteiger partial charge on any atom is -0.460 e. The molecule has 0 spiro atoms. The van der Waals surface area contributed by atoms with E-state index in [-0.39, 0.29) is 16.7 Å². The quantitative estimate of drug-likeness (QED) is 0.817. The average Bonchev–Trinajstić information content (AvgIpc) is 2.65. The molecule has 0 radical (unpaired) electrons. The van der Waals surface area contributed by atoms with E-state index < -0.39 is 0 Å². The standard InChI is InChI=1S/C10H7ClN4O/c1-5-2-3-7(16-5)8-9(11)15-10(13)6(4-12)14-8/h2-3H,1H3,(H2,13,15). The van der Waals surface area contributed by atoms with Crippen molar-refractivity contribution < 1.29 is 4.42 Å². The lowest BCUT2D eigenvalue weighted by molar-refractivity contribution is 0.546. The Bertz CT molecular complexity index is 585. The molecule has 0 aliphatic carbocycles. The maximum atomic E-state index is 8.78. The number of nitrogens with zero attached hydrogens (tertiary/aromatic N) is 3. The van der Waals surface area contributed by atoms with Gasteiger partial charge in [-0.25, -0.2) is 9.97 Å². The first-order valence-electron chi connectivity index (χ1n) is 4.41. The first-order valence-corrected chi connectivity index (χ1v) is 4.79. The number of nitriles is 1. The predicted octanol–water partition coefficient (Wildman–Crippen LogP) is 2.15. The zero-order valence-corrected chi connectivity index (χ0v) is 9.12. The van der Waals surface area contributed by atoms with Crippen molar-refractivity contribution in [2.45, 2.75) is 6.92 Å². The van der Waals surface area contributed by atoms with E-state index in [1.807, 2.05) is 6.07 Å². The fourth-order valence-electron chi connectivity index (χ4n) is 1.23. The summed E-state index contributed by atoms with van der Waals surface area (Å²) in [7, 11) is 0. The third-order valence-corrected chi connectivity index (χ3v) is 2.22. The van der Waals surface area contributed by atoms with E-state index in [9.17, 15) is 0 Å². The molecule has 2 rings (SSSR count). The van der Waals surface area contributed by atoms with Crippen LogP contribution >= 0.6 is 11.6 Å². The van der Waals surface area contributed by atoms with E-state index in [0.29, 0.717) is 11.5 Å². The smallest absolute Gasteiger partial charge is 0.183 e. The van der Waals surface area contributed by atoms with Crippen LogP contribution < -0.4 is 5.73 Å². The molecule has 5 nitrogen and oxygen atoms in total. The lowest BCUT2D eigenvalue weighted by Crippen LogP contribution is -2.00. The second-order valence-electron chi connectivity index (χ2n) is 3.12. The fraction of sp³-hybridized carbons (Fsp3) is 0.100. The molecule has 0 saturated carbocycles. The van der Waals surface area contributed by atoms with E-state index in [1.165, 1.54) is 0 Å². The Morgan fingerprint density at radius 2 is 2.19 bits per heavy atom. The zero-order chi connectivity index (χ0) is 11.7. The van der Waals surface area contributed by atoms with Crippen LogP contribution in [0.4, 0.5) is 5.82 Å². The lowest BCUT2D eigenvalue weighted by atomic mass is 10.3. The molecule has 2 aromatic heterocycles. The minimum absolute atomic E-state index is 0.0135. The van der Waals surface area contributed by atoms with E-state index in [1.54, 1.807) is 19.1 Å². The number of hydrogen-bond donors (Lipinski definition) is 1. The van der Waals surface area contributed by atoms with Gasteiger partial charge in [-0.05, 0) is 19.1 Å². The molecular formula is C10H7ClN4O. The molecule has 0 aliphatic rings. The molecule has 0 aromatic carbocycles. The van der Waals surface area contributed by atoms with Crippen LogP contribution in [0.15, 0.2) is 16.5 Å². The maximum absolute atomic E-state index is 8.78. The van der Waals surface area contributed by atoms with E-state index in [0.717, 1.165) is 5.76 Å². The van der Waals surface area contributed by atoms with Crippen LogP contribution in [0.5, 0.6) is 0 Å². The van der Waals surface area contributed by atoms with Gasteiger partial charge in [0.1, 0.15) is 17.5 Å². The number of aromatic nitrogens is 2. The summed E-state index contributed by atoms with van der Waals surface area (Å²) in [4.78, 5) is 7.83. The summed E-state index contributed by atoms with van der Waals surface area (Å²) in [6.07, 6.45) is 0. The van der Waals surface area contributed by atoms with Gasteiger partial charge < -0.3 is 10.2 Å². The fourth-order valence-corrected chi connectivity index (χ4v) is 1.45. The Hall–Kier alpha value is -2.06. The molecule has 0 amide bonds. The number of halogens is 1. The number of anilines is 1. The van der Waals surface area contributed by atoms with Crippen molar-refractivity contribution in [3.63, 3.8) is 0 Å².